The fraction of sp³-hybridized carbons (Fsp3) is 0.409. The van der Waals surface area contributed by atoms with Crippen molar-refractivity contribution in [2.75, 3.05) is 37.6 Å². The quantitative estimate of drug-likeness (QED) is 0.692. The Morgan fingerprint density at radius 1 is 1.12 bits per heavy atom. The second-order valence-electron chi connectivity index (χ2n) is 7.99. The summed E-state index contributed by atoms with van der Waals surface area (Å²) < 4.78 is 38.8. The maximum Gasteiger partial charge on any atom is 0.416 e. The van der Waals surface area contributed by atoms with Crippen LogP contribution in [0.25, 0.3) is 0 Å². The van der Waals surface area contributed by atoms with Gasteiger partial charge in [0.25, 0.3) is 0 Å². The number of carbonyl (C=O) groups is 2. The highest BCUT2D eigenvalue weighted by atomic mass is 35.5. The minimum atomic E-state index is -4.44. The first-order chi connectivity index (χ1) is 15.2. The molecule has 10 heteroatoms. The van der Waals surface area contributed by atoms with E-state index >= 15 is 0 Å². The maximum atomic E-state index is 13.0. The molecular weight excluding hydrogens is 445 g/mol. The van der Waals surface area contributed by atoms with E-state index in [1.54, 1.807) is 29.3 Å². The van der Waals surface area contributed by atoms with Gasteiger partial charge in [-0.05, 0) is 29.8 Å². The van der Waals surface area contributed by atoms with Crippen molar-refractivity contribution in [3.8, 4) is 0 Å². The van der Waals surface area contributed by atoms with Crippen LogP contribution < -0.4 is 4.90 Å². The van der Waals surface area contributed by atoms with Crippen molar-refractivity contribution in [2.45, 2.75) is 19.1 Å². The predicted octanol–water partition coefficient (Wildman–Crippen LogP) is 3.45. The smallest absolute Gasteiger partial charge is 0.352 e. The van der Waals surface area contributed by atoms with Crippen molar-refractivity contribution >= 4 is 29.2 Å². The van der Waals surface area contributed by atoms with Crippen molar-refractivity contribution in [1.82, 2.24) is 14.8 Å². The SMILES string of the molecule is O=C1CC(C(=O)N2CCN(c3ncccc3Cl)CC2)CN1Cc1cccc(C(F)(F)F)c1. The van der Waals surface area contributed by atoms with Crippen LogP contribution in [-0.2, 0) is 22.3 Å². The van der Waals surface area contributed by atoms with Crippen molar-refractivity contribution in [1.29, 1.82) is 0 Å². The molecule has 0 radical (unpaired) electrons. The number of benzene rings is 1. The normalized spacial score (nSPS) is 19.6. The molecule has 0 N–H and O–H groups in total. The number of rotatable bonds is 4. The Morgan fingerprint density at radius 3 is 2.56 bits per heavy atom. The summed E-state index contributed by atoms with van der Waals surface area (Å²) in [6, 6.07) is 8.45. The number of hydrogen-bond acceptors (Lipinski definition) is 4. The predicted molar refractivity (Wildman–Crippen MR) is 113 cm³/mol. The van der Waals surface area contributed by atoms with Gasteiger partial charge in [-0.15, -0.1) is 0 Å². The molecule has 1 aromatic carbocycles. The van der Waals surface area contributed by atoms with Gasteiger partial charge in [-0.1, -0.05) is 23.7 Å². The molecule has 0 aliphatic carbocycles. The summed E-state index contributed by atoms with van der Waals surface area (Å²) in [6.45, 7) is 2.40. The monoisotopic (exact) mass is 466 g/mol. The summed E-state index contributed by atoms with van der Waals surface area (Å²) in [5, 5.41) is 0.555. The standard InChI is InChI=1S/C22H22ClF3N4O2/c23-18-5-2-6-27-20(18)28-7-9-29(10-8-28)21(32)16-12-19(31)30(14-16)13-15-3-1-4-17(11-15)22(24,25)26/h1-6,11,16H,7-10,12-14H2. The van der Waals surface area contributed by atoms with E-state index in [4.69, 9.17) is 11.6 Å². The minimum Gasteiger partial charge on any atom is -0.352 e. The Bertz CT molecular complexity index is 1010. The van der Waals surface area contributed by atoms with Crippen LogP contribution in [0.15, 0.2) is 42.6 Å². The van der Waals surface area contributed by atoms with Crippen LogP contribution in [0.1, 0.15) is 17.5 Å². The van der Waals surface area contributed by atoms with E-state index in [2.05, 4.69) is 4.98 Å². The lowest BCUT2D eigenvalue weighted by Gasteiger charge is -2.36. The molecule has 0 bridgehead atoms. The first kappa shape index (κ1) is 22.4. The van der Waals surface area contributed by atoms with Crippen LogP contribution in [0.5, 0.6) is 0 Å². The van der Waals surface area contributed by atoms with Crippen LogP contribution >= 0.6 is 11.6 Å². The lowest BCUT2D eigenvalue weighted by molar-refractivity contribution is -0.137. The van der Waals surface area contributed by atoms with Gasteiger partial charge in [-0.2, -0.15) is 13.2 Å². The van der Waals surface area contributed by atoms with Crippen LogP contribution in [0.4, 0.5) is 19.0 Å². The van der Waals surface area contributed by atoms with Crippen molar-refractivity contribution in [3.63, 3.8) is 0 Å². The molecule has 4 rings (SSSR count). The first-order valence-corrected chi connectivity index (χ1v) is 10.7. The number of pyridine rings is 1. The number of halogens is 4. The summed E-state index contributed by atoms with van der Waals surface area (Å²) >= 11 is 6.20. The van der Waals surface area contributed by atoms with Gasteiger partial charge < -0.3 is 14.7 Å². The summed E-state index contributed by atoms with van der Waals surface area (Å²) in [5.41, 5.74) is -0.359. The third-order valence-corrected chi connectivity index (χ3v) is 6.12. The number of piperazine rings is 1. The van der Waals surface area contributed by atoms with E-state index in [-0.39, 0.29) is 31.3 Å². The van der Waals surface area contributed by atoms with Gasteiger partial charge >= 0.3 is 6.18 Å². The van der Waals surface area contributed by atoms with Crippen molar-refractivity contribution in [3.05, 3.63) is 58.7 Å². The highest BCUT2D eigenvalue weighted by Gasteiger charge is 2.38. The Kier molecular flexibility index (Phi) is 6.28. The Hall–Kier alpha value is -2.81. The fourth-order valence-corrected chi connectivity index (χ4v) is 4.40. The second-order valence-corrected chi connectivity index (χ2v) is 8.40. The Balaban J connectivity index is 1.34. The zero-order chi connectivity index (χ0) is 22.9. The molecule has 2 aromatic rings. The average molecular weight is 467 g/mol. The van der Waals surface area contributed by atoms with Crippen LogP contribution in [0.2, 0.25) is 5.02 Å². The first-order valence-electron chi connectivity index (χ1n) is 10.3. The number of carbonyl (C=O) groups excluding carboxylic acids is 2. The molecule has 1 unspecified atom stereocenters. The van der Waals surface area contributed by atoms with Crippen molar-refractivity contribution in [2.24, 2.45) is 5.92 Å². The van der Waals surface area contributed by atoms with Gasteiger partial charge in [-0.25, -0.2) is 4.98 Å². The van der Waals surface area contributed by atoms with E-state index in [1.807, 2.05) is 4.90 Å². The van der Waals surface area contributed by atoms with Gasteiger partial charge in [0.15, 0.2) is 0 Å². The van der Waals surface area contributed by atoms with E-state index in [9.17, 15) is 22.8 Å². The third-order valence-electron chi connectivity index (χ3n) is 5.82. The Morgan fingerprint density at radius 2 is 1.88 bits per heavy atom. The minimum absolute atomic E-state index is 0.0541. The molecule has 2 amide bonds. The number of nitrogens with zero attached hydrogens (tertiary/aromatic N) is 4. The summed E-state index contributed by atoms with van der Waals surface area (Å²) in [7, 11) is 0. The molecule has 3 heterocycles. The molecule has 1 aromatic heterocycles. The number of alkyl halides is 3. The molecule has 2 fully saturated rings. The van der Waals surface area contributed by atoms with Gasteiger partial charge in [0, 0.05) is 51.9 Å². The summed E-state index contributed by atoms with van der Waals surface area (Å²) in [6.07, 6.45) is -2.70. The number of amides is 2. The summed E-state index contributed by atoms with van der Waals surface area (Å²) in [4.78, 5) is 34.9. The van der Waals surface area contributed by atoms with E-state index < -0.39 is 17.7 Å². The Labute approximate surface area is 188 Å². The molecule has 1 atom stereocenters. The number of likely N-dealkylation sites (tertiary alicyclic amines) is 1. The van der Waals surface area contributed by atoms with Gasteiger partial charge in [0.1, 0.15) is 5.82 Å². The van der Waals surface area contributed by atoms with Crippen molar-refractivity contribution < 1.29 is 22.8 Å². The van der Waals surface area contributed by atoms with Crippen LogP contribution in [-0.4, -0.2) is 59.3 Å². The second kappa shape index (κ2) is 8.97. The molecule has 32 heavy (non-hydrogen) atoms. The molecule has 6 nitrogen and oxygen atoms in total. The molecule has 2 aliphatic heterocycles. The lowest BCUT2D eigenvalue weighted by Crippen LogP contribution is -2.51. The lowest BCUT2D eigenvalue weighted by atomic mass is 10.1. The molecule has 2 saturated heterocycles. The highest BCUT2D eigenvalue weighted by molar-refractivity contribution is 6.32. The zero-order valence-electron chi connectivity index (χ0n) is 17.2. The molecule has 0 saturated carbocycles. The molecular formula is C22H22ClF3N4O2. The number of aromatic nitrogens is 1. The van der Waals surface area contributed by atoms with Crippen LogP contribution in [0.3, 0.4) is 0 Å². The van der Waals surface area contributed by atoms with Crippen LogP contribution in [0, 0.1) is 5.92 Å². The largest absolute Gasteiger partial charge is 0.416 e. The van der Waals surface area contributed by atoms with E-state index in [0.29, 0.717) is 42.6 Å². The van der Waals surface area contributed by atoms with Gasteiger partial charge in [0.2, 0.25) is 11.8 Å². The van der Waals surface area contributed by atoms with E-state index in [1.165, 1.54) is 11.0 Å². The average Bonchev–Trinajstić information content (AvgIpc) is 3.13. The molecule has 0 spiro atoms. The molecule has 2 aliphatic rings. The number of hydrogen-bond donors (Lipinski definition) is 0. The maximum absolute atomic E-state index is 13.0. The van der Waals surface area contributed by atoms with Gasteiger partial charge in [0.05, 0.1) is 16.5 Å². The summed E-state index contributed by atoms with van der Waals surface area (Å²) in [5.74, 6) is -0.126. The third kappa shape index (κ3) is 4.82. The number of anilines is 1. The highest BCUT2D eigenvalue weighted by Crippen LogP contribution is 2.31. The van der Waals surface area contributed by atoms with E-state index in [0.717, 1.165) is 12.1 Å². The van der Waals surface area contributed by atoms with Gasteiger partial charge in [-0.3, -0.25) is 9.59 Å². The topological polar surface area (TPSA) is 56.8 Å². The zero-order valence-corrected chi connectivity index (χ0v) is 17.9. The molecule has 170 valence electrons. The fourth-order valence-electron chi connectivity index (χ4n) is 4.16.